The molecule has 0 aliphatic heterocycles. The van der Waals surface area contributed by atoms with Crippen LogP contribution in [0.3, 0.4) is 0 Å². The van der Waals surface area contributed by atoms with E-state index in [4.69, 9.17) is 28.2 Å². The van der Waals surface area contributed by atoms with Crippen molar-refractivity contribution in [2.24, 2.45) is 0 Å². The van der Waals surface area contributed by atoms with Gasteiger partial charge in [-0.25, -0.2) is 0 Å². The fourth-order valence-corrected chi connectivity index (χ4v) is 0.899. The van der Waals surface area contributed by atoms with E-state index in [0.29, 0.717) is 23.5 Å². The fraction of sp³-hybridized carbons (Fsp3) is 0. The SMILES string of the molecule is O[B]Oc1ccc(Cl)c(Cl)c1. The summed E-state index contributed by atoms with van der Waals surface area (Å²) in [6.07, 6.45) is 0. The number of rotatable bonds is 2. The Morgan fingerprint density at radius 2 is 2.00 bits per heavy atom. The summed E-state index contributed by atoms with van der Waals surface area (Å²) in [5.74, 6) is 0.446. The van der Waals surface area contributed by atoms with E-state index in [1.807, 2.05) is 0 Å². The van der Waals surface area contributed by atoms with Gasteiger partial charge in [0.15, 0.2) is 0 Å². The van der Waals surface area contributed by atoms with E-state index in [1.54, 1.807) is 12.1 Å². The molecular weight excluding hydrogens is 186 g/mol. The third kappa shape index (κ3) is 2.29. The monoisotopic (exact) mass is 189 g/mol. The lowest BCUT2D eigenvalue weighted by Gasteiger charge is -2.01. The lowest BCUT2D eigenvalue weighted by Crippen LogP contribution is -1.99. The highest BCUT2D eigenvalue weighted by Gasteiger charge is 1.99. The second kappa shape index (κ2) is 3.86. The third-order valence-corrected chi connectivity index (χ3v) is 1.82. The molecule has 0 aliphatic rings. The Kier molecular flexibility index (Phi) is 3.06. The normalized spacial score (nSPS) is 9.36. The summed E-state index contributed by atoms with van der Waals surface area (Å²) < 4.78 is 4.63. The minimum absolute atomic E-state index is 0.394. The van der Waals surface area contributed by atoms with Gasteiger partial charge in [-0.3, -0.25) is 0 Å². The van der Waals surface area contributed by atoms with Crippen molar-refractivity contribution in [2.75, 3.05) is 0 Å². The Hall–Kier alpha value is -0.375. The molecule has 0 fully saturated rings. The van der Waals surface area contributed by atoms with Gasteiger partial charge in [-0.15, -0.1) is 0 Å². The molecule has 2 nitrogen and oxygen atoms in total. The van der Waals surface area contributed by atoms with Gasteiger partial charge in [-0.2, -0.15) is 0 Å². The first-order valence-corrected chi connectivity index (χ1v) is 3.57. The van der Waals surface area contributed by atoms with Crippen molar-refractivity contribution < 1.29 is 9.68 Å². The average Bonchev–Trinajstić information content (AvgIpc) is 1.98. The number of benzene rings is 1. The zero-order chi connectivity index (χ0) is 8.27. The molecule has 0 aromatic heterocycles. The van der Waals surface area contributed by atoms with E-state index < -0.39 is 0 Å². The van der Waals surface area contributed by atoms with Crippen molar-refractivity contribution in [3.05, 3.63) is 28.2 Å². The molecule has 0 bridgehead atoms. The molecule has 0 saturated heterocycles. The Balaban J connectivity index is 2.86. The highest BCUT2D eigenvalue weighted by Crippen LogP contribution is 2.25. The van der Waals surface area contributed by atoms with Crippen molar-refractivity contribution in [1.82, 2.24) is 0 Å². The van der Waals surface area contributed by atoms with Crippen LogP contribution < -0.4 is 4.65 Å². The molecule has 0 spiro atoms. The Bertz CT molecular complexity index is 254. The Labute approximate surface area is 75.0 Å². The quantitative estimate of drug-likeness (QED) is 0.721. The molecule has 1 aromatic carbocycles. The molecule has 0 heterocycles. The molecule has 0 aliphatic carbocycles. The molecule has 0 amide bonds. The second-order valence-electron chi connectivity index (χ2n) is 1.80. The predicted octanol–water partition coefficient (Wildman–Crippen LogP) is 1.90. The zero-order valence-electron chi connectivity index (χ0n) is 5.42. The van der Waals surface area contributed by atoms with Crippen LogP contribution in [0.4, 0.5) is 0 Å². The van der Waals surface area contributed by atoms with Crippen LogP contribution in [-0.2, 0) is 0 Å². The van der Waals surface area contributed by atoms with E-state index in [2.05, 4.69) is 4.65 Å². The fourth-order valence-electron chi connectivity index (χ4n) is 0.611. The lowest BCUT2D eigenvalue weighted by atomic mass is 10.3. The maximum Gasteiger partial charge on any atom is 0.569 e. The van der Waals surface area contributed by atoms with Gasteiger partial charge in [-0.05, 0) is 18.2 Å². The molecular formula is C6H4BCl2O2. The van der Waals surface area contributed by atoms with Crippen LogP contribution in [0.2, 0.25) is 10.0 Å². The van der Waals surface area contributed by atoms with Gasteiger partial charge in [-0.1, -0.05) is 23.2 Å². The van der Waals surface area contributed by atoms with Crippen LogP contribution in [0.5, 0.6) is 5.75 Å². The summed E-state index contributed by atoms with van der Waals surface area (Å²) in [4.78, 5) is 0. The summed E-state index contributed by atoms with van der Waals surface area (Å²) >= 11 is 11.3. The van der Waals surface area contributed by atoms with Gasteiger partial charge >= 0.3 is 7.69 Å². The second-order valence-corrected chi connectivity index (χ2v) is 2.61. The maximum absolute atomic E-state index is 8.26. The van der Waals surface area contributed by atoms with Gasteiger partial charge in [0.25, 0.3) is 0 Å². The molecule has 1 rings (SSSR count). The topological polar surface area (TPSA) is 29.5 Å². The van der Waals surface area contributed by atoms with Crippen LogP contribution in [0.1, 0.15) is 0 Å². The molecule has 1 N–H and O–H groups in total. The number of hydrogen-bond donors (Lipinski definition) is 1. The van der Waals surface area contributed by atoms with Crippen molar-refractivity contribution in [3.63, 3.8) is 0 Å². The standard InChI is InChI=1S/C6H4BCl2O2/c8-5-2-1-4(11-7-10)3-6(5)9/h1-3,10H. The molecule has 57 valence electrons. The minimum Gasteiger partial charge on any atom is -0.537 e. The van der Waals surface area contributed by atoms with E-state index in [9.17, 15) is 0 Å². The van der Waals surface area contributed by atoms with Crippen molar-refractivity contribution >= 4 is 30.9 Å². The molecule has 11 heavy (non-hydrogen) atoms. The van der Waals surface area contributed by atoms with Gasteiger partial charge in [0.05, 0.1) is 10.0 Å². The van der Waals surface area contributed by atoms with Gasteiger partial charge in [0.1, 0.15) is 5.75 Å². The number of halogens is 2. The first-order chi connectivity index (χ1) is 5.24. The highest BCUT2D eigenvalue weighted by molar-refractivity contribution is 6.42. The van der Waals surface area contributed by atoms with Crippen LogP contribution in [0.25, 0.3) is 0 Å². The molecule has 0 saturated carbocycles. The molecule has 1 aromatic rings. The van der Waals surface area contributed by atoms with E-state index in [1.165, 1.54) is 6.07 Å². The molecule has 1 radical (unpaired) electrons. The van der Waals surface area contributed by atoms with Gasteiger partial charge in [0, 0.05) is 0 Å². The van der Waals surface area contributed by atoms with Crippen molar-refractivity contribution in [3.8, 4) is 5.75 Å². The summed E-state index contributed by atoms with van der Waals surface area (Å²) in [5.41, 5.74) is 0. The largest absolute Gasteiger partial charge is 0.569 e. The Morgan fingerprint density at radius 3 is 2.55 bits per heavy atom. The molecule has 0 unspecified atom stereocenters. The van der Waals surface area contributed by atoms with Gasteiger partial charge in [0.2, 0.25) is 0 Å². The van der Waals surface area contributed by atoms with Crippen LogP contribution in [0, 0.1) is 0 Å². The van der Waals surface area contributed by atoms with Crippen LogP contribution in [-0.4, -0.2) is 12.7 Å². The first kappa shape index (κ1) is 8.72. The summed E-state index contributed by atoms with van der Waals surface area (Å²) in [5, 5.41) is 9.11. The van der Waals surface area contributed by atoms with E-state index in [-0.39, 0.29) is 0 Å². The van der Waals surface area contributed by atoms with Gasteiger partial charge < -0.3 is 9.68 Å². The summed E-state index contributed by atoms with van der Waals surface area (Å²) in [6.45, 7) is 0. The van der Waals surface area contributed by atoms with Crippen molar-refractivity contribution in [1.29, 1.82) is 0 Å². The molecule has 0 atom stereocenters. The number of hydrogen-bond acceptors (Lipinski definition) is 2. The van der Waals surface area contributed by atoms with Crippen LogP contribution >= 0.6 is 23.2 Å². The van der Waals surface area contributed by atoms with E-state index >= 15 is 0 Å². The average molecular weight is 190 g/mol. The zero-order valence-corrected chi connectivity index (χ0v) is 6.93. The molecule has 5 heteroatoms. The maximum atomic E-state index is 8.26. The summed E-state index contributed by atoms with van der Waals surface area (Å²) in [7, 11) is 0.583. The lowest BCUT2D eigenvalue weighted by molar-refractivity contribution is 0.454. The Morgan fingerprint density at radius 1 is 1.27 bits per heavy atom. The summed E-state index contributed by atoms with van der Waals surface area (Å²) in [6, 6.07) is 4.69. The third-order valence-electron chi connectivity index (χ3n) is 1.08. The predicted molar refractivity (Wildman–Crippen MR) is 45.1 cm³/mol. The minimum atomic E-state index is 0.394. The van der Waals surface area contributed by atoms with E-state index in [0.717, 1.165) is 0 Å². The first-order valence-electron chi connectivity index (χ1n) is 2.81. The smallest absolute Gasteiger partial charge is 0.537 e. The van der Waals surface area contributed by atoms with Crippen LogP contribution in [0.15, 0.2) is 18.2 Å². The van der Waals surface area contributed by atoms with Crippen molar-refractivity contribution in [2.45, 2.75) is 0 Å². The highest BCUT2D eigenvalue weighted by atomic mass is 35.5.